The van der Waals surface area contributed by atoms with Crippen LogP contribution < -0.4 is 20.1 Å². The quantitative estimate of drug-likeness (QED) is 0.516. The number of ether oxygens (including phenoxy) is 2. The maximum Gasteiger partial charge on any atom is 0.220 e. The van der Waals surface area contributed by atoms with E-state index in [0.717, 1.165) is 60.0 Å². The zero-order valence-corrected chi connectivity index (χ0v) is 19.2. The Bertz CT molecular complexity index is 1050. The lowest BCUT2D eigenvalue weighted by molar-refractivity contribution is -0.122. The van der Waals surface area contributed by atoms with Gasteiger partial charge in [-0.25, -0.2) is 0 Å². The molecule has 33 heavy (non-hydrogen) atoms. The number of piperidine rings is 1. The molecule has 0 aliphatic carbocycles. The maximum atomic E-state index is 12.7. The Morgan fingerprint density at radius 3 is 2.73 bits per heavy atom. The number of aromatic nitrogens is 1. The van der Waals surface area contributed by atoms with Crippen LogP contribution in [-0.4, -0.2) is 38.4 Å². The SMILES string of the molecule is COc1ccc(-c2cc(C[C@H]3CNCC[C@H]3CC(=O)NCc3ccccc3OC)no2)cc1. The summed E-state index contributed by atoms with van der Waals surface area (Å²) < 4.78 is 16.2. The molecule has 2 atom stereocenters. The third kappa shape index (κ3) is 5.93. The molecule has 7 nitrogen and oxygen atoms in total. The van der Waals surface area contributed by atoms with Crippen molar-refractivity contribution in [1.82, 2.24) is 15.8 Å². The molecule has 0 unspecified atom stereocenters. The molecule has 1 fully saturated rings. The first kappa shape index (κ1) is 22.9. The Balaban J connectivity index is 1.34. The van der Waals surface area contributed by atoms with Crippen molar-refractivity contribution in [2.24, 2.45) is 11.8 Å². The summed E-state index contributed by atoms with van der Waals surface area (Å²) in [7, 11) is 3.29. The summed E-state index contributed by atoms with van der Waals surface area (Å²) >= 11 is 0. The van der Waals surface area contributed by atoms with Gasteiger partial charge in [-0.15, -0.1) is 0 Å². The van der Waals surface area contributed by atoms with Crippen LogP contribution in [0.1, 0.15) is 24.1 Å². The zero-order chi connectivity index (χ0) is 23.0. The highest BCUT2D eigenvalue weighted by Crippen LogP contribution is 2.29. The summed E-state index contributed by atoms with van der Waals surface area (Å²) in [5.74, 6) is 3.02. The Morgan fingerprint density at radius 2 is 1.94 bits per heavy atom. The van der Waals surface area contributed by atoms with Crippen molar-refractivity contribution in [3.8, 4) is 22.8 Å². The first-order chi connectivity index (χ1) is 16.2. The highest BCUT2D eigenvalue weighted by molar-refractivity contribution is 5.76. The van der Waals surface area contributed by atoms with E-state index in [1.165, 1.54) is 0 Å². The van der Waals surface area contributed by atoms with Crippen molar-refractivity contribution in [3.05, 3.63) is 65.9 Å². The molecule has 1 aliphatic heterocycles. The molecular weight excluding hydrogens is 418 g/mol. The van der Waals surface area contributed by atoms with Gasteiger partial charge in [0.25, 0.3) is 0 Å². The van der Waals surface area contributed by atoms with Crippen LogP contribution in [0.4, 0.5) is 0 Å². The summed E-state index contributed by atoms with van der Waals surface area (Å²) in [6.45, 7) is 2.26. The molecule has 174 valence electrons. The summed E-state index contributed by atoms with van der Waals surface area (Å²) in [5, 5.41) is 10.8. The van der Waals surface area contributed by atoms with Crippen molar-refractivity contribution in [3.63, 3.8) is 0 Å². The van der Waals surface area contributed by atoms with E-state index in [4.69, 9.17) is 14.0 Å². The molecule has 7 heteroatoms. The van der Waals surface area contributed by atoms with Gasteiger partial charge in [-0.1, -0.05) is 23.4 Å². The molecule has 1 aliphatic rings. The largest absolute Gasteiger partial charge is 0.497 e. The van der Waals surface area contributed by atoms with Gasteiger partial charge in [0.2, 0.25) is 5.91 Å². The summed E-state index contributed by atoms with van der Waals surface area (Å²) in [6.07, 6.45) is 2.25. The van der Waals surface area contributed by atoms with E-state index in [2.05, 4.69) is 15.8 Å². The minimum absolute atomic E-state index is 0.0666. The number of carbonyl (C=O) groups excluding carboxylic acids is 1. The van der Waals surface area contributed by atoms with Crippen molar-refractivity contribution in [2.45, 2.75) is 25.8 Å². The molecule has 2 N–H and O–H groups in total. The van der Waals surface area contributed by atoms with Crippen LogP contribution in [0.2, 0.25) is 0 Å². The van der Waals surface area contributed by atoms with Crippen molar-refractivity contribution in [1.29, 1.82) is 0 Å². The molecule has 3 aromatic rings. The topological polar surface area (TPSA) is 85.6 Å². The standard InChI is InChI=1S/C26H31N3O4/c1-31-23-9-7-18(8-10-23)25-15-22(29-33-25)13-21-16-27-12-11-19(21)14-26(30)28-17-20-5-3-4-6-24(20)32-2/h3-10,15,19,21,27H,11-14,16-17H2,1-2H3,(H,28,30)/t19-,21-/m0/s1. The Morgan fingerprint density at radius 1 is 1.12 bits per heavy atom. The van der Waals surface area contributed by atoms with Crippen molar-refractivity contribution < 1.29 is 18.8 Å². The lowest BCUT2D eigenvalue weighted by atomic mass is 9.81. The fourth-order valence-corrected chi connectivity index (χ4v) is 4.41. The molecule has 0 spiro atoms. The lowest BCUT2D eigenvalue weighted by Gasteiger charge is -2.31. The van der Waals surface area contributed by atoms with Gasteiger partial charge >= 0.3 is 0 Å². The van der Waals surface area contributed by atoms with Crippen LogP contribution in [0.15, 0.2) is 59.1 Å². The van der Waals surface area contributed by atoms with Crippen LogP contribution in [0.25, 0.3) is 11.3 Å². The number of nitrogens with one attached hydrogen (secondary N) is 2. The average molecular weight is 450 g/mol. The van der Waals surface area contributed by atoms with E-state index in [1.807, 2.05) is 54.6 Å². The lowest BCUT2D eigenvalue weighted by Crippen LogP contribution is -2.40. The second-order valence-corrected chi connectivity index (χ2v) is 8.42. The van der Waals surface area contributed by atoms with Gasteiger partial charge in [0, 0.05) is 30.2 Å². The molecule has 1 aromatic heterocycles. The van der Waals surface area contributed by atoms with Crippen LogP contribution in [0.3, 0.4) is 0 Å². The van der Waals surface area contributed by atoms with Crippen LogP contribution >= 0.6 is 0 Å². The van der Waals surface area contributed by atoms with E-state index < -0.39 is 0 Å². The van der Waals surface area contributed by atoms with Gasteiger partial charge in [0.15, 0.2) is 5.76 Å². The van der Waals surface area contributed by atoms with Crippen LogP contribution in [0.5, 0.6) is 11.5 Å². The average Bonchev–Trinajstić information content (AvgIpc) is 3.32. The third-order valence-corrected chi connectivity index (χ3v) is 6.29. The van der Waals surface area contributed by atoms with Gasteiger partial charge in [0.05, 0.1) is 19.9 Å². The van der Waals surface area contributed by atoms with Crippen molar-refractivity contribution in [2.75, 3.05) is 27.3 Å². The normalized spacial score (nSPS) is 18.0. The van der Waals surface area contributed by atoms with Crippen LogP contribution in [-0.2, 0) is 17.8 Å². The molecule has 4 rings (SSSR count). The fraction of sp³-hybridized carbons (Fsp3) is 0.385. The number of carbonyl (C=O) groups is 1. The third-order valence-electron chi connectivity index (χ3n) is 6.29. The predicted molar refractivity (Wildman–Crippen MR) is 126 cm³/mol. The Kier molecular flexibility index (Phi) is 7.62. The van der Waals surface area contributed by atoms with Crippen molar-refractivity contribution >= 4 is 5.91 Å². The highest BCUT2D eigenvalue weighted by Gasteiger charge is 2.28. The summed E-state index contributed by atoms with van der Waals surface area (Å²) in [6, 6.07) is 17.5. The fourth-order valence-electron chi connectivity index (χ4n) is 4.41. The van der Waals surface area contributed by atoms with Crippen LogP contribution in [0, 0.1) is 11.8 Å². The molecule has 0 bridgehead atoms. The van der Waals surface area contributed by atoms with Gasteiger partial charge < -0.3 is 24.6 Å². The number of amides is 1. The zero-order valence-electron chi connectivity index (χ0n) is 19.2. The molecule has 2 heterocycles. The molecule has 1 saturated heterocycles. The molecular formula is C26H31N3O4. The number of methoxy groups -OCH3 is 2. The minimum Gasteiger partial charge on any atom is -0.497 e. The van der Waals surface area contributed by atoms with E-state index in [1.54, 1.807) is 14.2 Å². The number of para-hydroxylation sites is 1. The Labute approximate surface area is 194 Å². The number of nitrogens with zero attached hydrogens (tertiary/aromatic N) is 1. The summed E-state index contributed by atoms with van der Waals surface area (Å²) in [5.41, 5.74) is 2.85. The number of rotatable bonds is 9. The molecule has 2 aromatic carbocycles. The molecule has 0 saturated carbocycles. The van der Waals surface area contributed by atoms with E-state index in [-0.39, 0.29) is 5.91 Å². The van der Waals surface area contributed by atoms with Gasteiger partial charge in [-0.05, 0) is 68.1 Å². The monoisotopic (exact) mass is 449 g/mol. The second-order valence-electron chi connectivity index (χ2n) is 8.42. The van der Waals surface area contributed by atoms with E-state index >= 15 is 0 Å². The van der Waals surface area contributed by atoms with E-state index in [9.17, 15) is 4.79 Å². The minimum atomic E-state index is 0.0666. The van der Waals surface area contributed by atoms with E-state index in [0.29, 0.717) is 24.8 Å². The number of hydrogen-bond donors (Lipinski definition) is 2. The first-order valence-electron chi connectivity index (χ1n) is 11.4. The predicted octanol–water partition coefficient (Wildman–Crippen LogP) is 3.83. The molecule has 1 amide bonds. The second kappa shape index (κ2) is 11.0. The first-order valence-corrected chi connectivity index (χ1v) is 11.4. The summed E-state index contributed by atoms with van der Waals surface area (Å²) in [4.78, 5) is 12.7. The highest BCUT2D eigenvalue weighted by atomic mass is 16.5. The Hall–Kier alpha value is -3.32. The van der Waals surface area contributed by atoms with Gasteiger partial charge in [-0.3, -0.25) is 4.79 Å². The van der Waals surface area contributed by atoms with Gasteiger partial charge in [-0.2, -0.15) is 0 Å². The maximum absolute atomic E-state index is 12.7. The number of benzene rings is 2. The number of hydrogen-bond acceptors (Lipinski definition) is 6. The smallest absolute Gasteiger partial charge is 0.220 e. The van der Waals surface area contributed by atoms with Gasteiger partial charge in [0.1, 0.15) is 11.5 Å². The molecule has 0 radical (unpaired) electrons.